The molecule has 0 aliphatic rings. The first-order chi connectivity index (χ1) is 11.3. The van der Waals surface area contributed by atoms with Gasteiger partial charge >= 0.3 is 0 Å². The molecule has 0 bridgehead atoms. The number of rotatable bonds is 6. The molecule has 0 spiro atoms. The molecule has 1 aromatic heterocycles. The number of thioether (sulfide) groups is 1. The molecule has 0 amide bonds. The maximum Gasteiger partial charge on any atom is 0.195 e. The Morgan fingerprint density at radius 2 is 1.70 bits per heavy atom. The van der Waals surface area contributed by atoms with Crippen molar-refractivity contribution < 1.29 is 0 Å². The molecule has 1 atom stereocenters. The molecule has 1 N–H and O–H groups in total. The van der Waals surface area contributed by atoms with Crippen LogP contribution in [-0.2, 0) is 11.5 Å². The summed E-state index contributed by atoms with van der Waals surface area (Å²) < 4.78 is 2.79. The lowest BCUT2D eigenvalue weighted by Crippen LogP contribution is -2.10. The molecular formula is C18H19N3S2. The van der Waals surface area contributed by atoms with Gasteiger partial charge in [0, 0.05) is 5.75 Å². The monoisotopic (exact) mass is 341 g/mol. The third kappa shape index (κ3) is 3.92. The first-order valence-corrected chi connectivity index (χ1v) is 9.14. The lowest BCUT2D eigenvalue weighted by Gasteiger charge is -2.16. The lowest BCUT2D eigenvalue weighted by atomic mass is 10.1. The Hall–Kier alpha value is -1.85. The van der Waals surface area contributed by atoms with Crippen LogP contribution in [0.2, 0.25) is 0 Å². The van der Waals surface area contributed by atoms with E-state index in [1.54, 1.807) is 0 Å². The third-order valence-corrected chi connectivity index (χ3v) is 5.08. The van der Waals surface area contributed by atoms with Crippen LogP contribution >= 0.6 is 24.0 Å². The molecular weight excluding hydrogens is 322 g/mol. The standard InChI is InChI=1S/C18H19N3S2/c1-14(16-10-6-3-7-11-16)21-17(19-20-18(21)22)13-23-12-15-8-4-2-5-9-15/h2-11,14H,12-13H2,1H3,(H,20,22). The molecule has 3 rings (SSSR count). The van der Waals surface area contributed by atoms with E-state index in [9.17, 15) is 0 Å². The predicted molar refractivity (Wildman–Crippen MR) is 99.1 cm³/mol. The van der Waals surface area contributed by atoms with E-state index in [4.69, 9.17) is 12.2 Å². The molecule has 0 aliphatic carbocycles. The van der Waals surface area contributed by atoms with Gasteiger partial charge in [-0.05, 0) is 30.3 Å². The first kappa shape index (κ1) is 16.0. The van der Waals surface area contributed by atoms with E-state index in [1.165, 1.54) is 11.1 Å². The van der Waals surface area contributed by atoms with E-state index in [1.807, 2.05) is 23.9 Å². The van der Waals surface area contributed by atoms with Crippen molar-refractivity contribution in [3.05, 3.63) is 82.4 Å². The van der Waals surface area contributed by atoms with Crippen LogP contribution in [0, 0.1) is 4.77 Å². The highest BCUT2D eigenvalue weighted by atomic mass is 32.2. The van der Waals surface area contributed by atoms with Crippen LogP contribution in [0.15, 0.2) is 60.7 Å². The fraction of sp³-hybridized carbons (Fsp3) is 0.222. The van der Waals surface area contributed by atoms with Crippen molar-refractivity contribution in [3.63, 3.8) is 0 Å². The summed E-state index contributed by atoms with van der Waals surface area (Å²) in [7, 11) is 0. The Morgan fingerprint density at radius 1 is 1.04 bits per heavy atom. The van der Waals surface area contributed by atoms with E-state index >= 15 is 0 Å². The third-order valence-electron chi connectivity index (χ3n) is 3.79. The van der Waals surface area contributed by atoms with Gasteiger partial charge in [-0.15, -0.1) is 11.8 Å². The van der Waals surface area contributed by atoms with Gasteiger partial charge in [-0.3, -0.25) is 9.67 Å². The zero-order valence-corrected chi connectivity index (χ0v) is 14.6. The van der Waals surface area contributed by atoms with Crippen LogP contribution in [0.5, 0.6) is 0 Å². The van der Waals surface area contributed by atoms with E-state index in [0.29, 0.717) is 4.77 Å². The normalized spacial score (nSPS) is 12.2. The highest BCUT2D eigenvalue weighted by Gasteiger charge is 2.14. The number of nitrogens with zero attached hydrogens (tertiary/aromatic N) is 2. The van der Waals surface area contributed by atoms with E-state index < -0.39 is 0 Å². The van der Waals surface area contributed by atoms with Gasteiger partial charge in [0.05, 0.1) is 11.8 Å². The summed E-state index contributed by atoms with van der Waals surface area (Å²) in [5, 5.41) is 7.36. The van der Waals surface area contributed by atoms with E-state index in [2.05, 4.69) is 70.2 Å². The minimum atomic E-state index is 0.176. The second-order valence-electron chi connectivity index (χ2n) is 5.38. The Balaban J connectivity index is 1.73. The Kier molecular flexibility index (Phi) is 5.31. The molecule has 0 saturated heterocycles. The summed E-state index contributed by atoms with van der Waals surface area (Å²) in [6.07, 6.45) is 0. The van der Waals surface area contributed by atoms with Gasteiger partial charge in [-0.1, -0.05) is 60.7 Å². The van der Waals surface area contributed by atoms with Gasteiger partial charge < -0.3 is 0 Å². The summed E-state index contributed by atoms with van der Waals surface area (Å²) in [4.78, 5) is 0. The van der Waals surface area contributed by atoms with Crippen molar-refractivity contribution in [2.24, 2.45) is 0 Å². The second kappa shape index (κ2) is 7.62. The largest absolute Gasteiger partial charge is 0.296 e. The maximum atomic E-state index is 5.43. The van der Waals surface area contributed by atoms with Gasteiger partial charge in [-0.2, -0.15) is 5.10 Å². The van der Waals surface area contributed by atoms with Gasteiger partial charge in [-0.25, -0.2) is 0 Å². The number of nitrogens with one attached hydrogen (secondary N) is 1. The number of hydrogen-bond donors (Lipinski definition) is 1. The zero-order valence-electron chi connectivity index (χ0n) is 13.0. The lowest BCUT2D eigenvalue weighted by molar-refractivity contribution is 0.608. The average molecular weight is 342 g/mol. The van der Waals surface area contributed by atoms with Crippen molar-refractivity contribution in [1.82, 2.24) is 14.8 Å². The summed E-state index contributed by atoms with van der Waals surface area (Å²) >= 11 is 7.28. The second-order valence-corrected chi connectivity index (χ2v) is 6.75. The molecule has 2 aromatic carbocycles. The van der Waals surface area contributed by atoms with Crippen LogP contribution in [0.4, 0.5) is 0 Å². The van der Waals surface area contributed by atoms with Crippen molar-refractivity contribution in [2.75, 3.05) is 0 Å². The average Bonchev–Trinajstić information content (AvgIpc) is 2.97. The van der Waals surface area contributed by atoms with Crippen molar-refractivity contribution >= 4 is 24.0 Å². The molecule has 0 aliphatic heterocycles. The summed E-state index contributed by atoms with van der Waals surface area (Å²) in [5.74, 6) is 2.80. The van der Waals surface area contributed by atoms with Crippen LogP contribution < -0.4 is 0 Å². The van der Waals surface area contributed by atoms with Crippen LogP contribution in [0.25, 0.3) is 0 Å². The molecule has 3 aromatic rings. The van der Waals surface area contributed by atoms with Crippen LogP contribution in [-0.4, -0.2) is 14.8 Å². The molecule has 3 nitrogen and oxygen atoms in total. The van der Waals surface area contributed by atoms with E-state index in [-0.39, 0.29) is 6.04 Å². The molecule has 0 saturated carbocycles. The van der Waals surface area contributed by atoms with E-state index in [0.717, 1.165) is 17.3 Å². The molecule has 23 heavy (non-hydrogen) atoms. The maximum absolute atomic E-state index is 5.43. The van der Waals surface area contributed by atoms with Crippen LogP contribution in [0.3, 0.4) is 0 Å². The number of hydrogen-bond acceptors (Lipinski definition) is 3. The minimum Gasteiger partial charge on any atom is -0.296 e. The SMILES string of the molecule is CC(c1ccccc1)n1c(CSCc2ccccc2)n[nH]c1=S. The number of aromatic amines is 1. The summed E-state index contributed by atoms with van der Waals surface area (Å²) in [6, 6.07) is 21.1. The van der Waals surface area contributed by atoms with Crippen molar-refractivity contribution in [1.29, 1.82) is 0 Å². The van der Waals surface area contributed by atoms with Gasteiger partial charge in [0.1, 0.15) is 5.82 Å². The Labute approximate surface area is 145 Å². The molecule has 1 unspecified atom stereocenters. The Bertz CT molecular complexity index is 794. The molecule has 0 radical (unpaired) electrons. The number of benzene rings is 2. The zero-order chi connectivity index (χ0) is 16.1. The molecule has 5 heteroatoms. The fourth-order valence-corrected chi connectivity index (χ4v) is 3.78. The highest BCUT2D eigenvalue weighted by Crippen LogP contribution is 2.23. The minimum absolute atomic E-state index is 0.176. The van der Waals surface area contributed by atoms with Gasteiger partial charge in [0.2, 0.25) is 0 Å². The molecule has 118 valence electrons. The highest BCUT2D eigenvalue weighted by molar-refractivity contribution is 7.97. The molecule has 0 fully saturated rings. The fourth-order valence-electron chi connectivity index (χ4n) is 2.55. The van der Waals surface area contributed by atoms with Gasteiger partial charge in [0.25, 0.3) is 0 Å². The first-order valence-electron chi connectivity index (χ1n) is 7.58. The van der Waals surface area contributed by atoms with Crippen LogP contribution in [0.1, 0.15) is 29.9 Å². The molecule has 1 heterocycles. The summed E-state index contributed by atoms with van der Waals surface area (Å²) in [5.41, 5.74) is 2.56. The quantitative estimate of drug-likeness (QED) is 0.642. The number of aromatic nitrogens is 3. The topological polar surface area (TPSA) is 33.6 Å². The van der Waals surface area contributed by atoms with Crippen molar-refractivity contribution in [3.8, 4) is 0 Å². The van der Waals surface area contributed by atoms with Crippen molar-refractivity contribution in [2.45, 2.75) is 24.5 Å². The summed E-state index contributed by atoms with van der Waals surface area (Å²) in [6.45, 7) is 2.16. The van der Waals surface area contributed by atoms with Gasteiger partial charge in [0.15, 0.2) is 4.77 Å². The number of H-pyrrole nitrogens is 1. The predicted octanol–water partition coefficient (Wildman–Crippen LogP) is 4.98. The Morgan fingerprint density at radius 3 is 2.39 bits per heavy atom. The smallest absolute Gasteiger partial charge is 0.195 e.